The largest absolute Gasteiger partial charge is 0.379 e. The Kier molecular flexibility index (Phi) is 4.04. The molecule has 0 unspecified atom stereocenters. The van der Waals surface area contributed by atoms with Crippen LogP contribution in [0.4, 0.5) is 5.69 Å². The highest BCUT2D eigenvalue weighted by Crippen LogP contribution is 2.25. The maximum absolute atomic E-state index is 4.41. The van der Waals surface area contributed by atoms with E-state index in [1.807, 2.05) is 18.7 Å². The fraction of sp³-hybridized carbons (Fsp3) is 0.188. The molecule has 21 heavy (non-hydrogen) atoms. The van der Waals surface area contributed by atoms with Gasteiger partial charge < -0.3 is 5.32 Å². The van der Waals surface area contributed by atoms with Gasteiger partial charge in [0.1, 0.15) is 0 Å². The van der Waals surface area contributed by atoms with E-state index >= 15 is 0 Å². The number of anilines is 1. The van der Waals surface area contributed by atoms with Crippen LogP contribution in [0.3, 0.4) is 0 Å². The molecule has 1 aromatic heterocycles. The number of aromatic nitrogens is 2. The first kappa shape index (κ1) is 14.6. The van der Waals surface area contributed by atoms with Crippen LogP contribution >= 0.6 is 31.9 Å². The second kappa shape index (κ2) is 5.81. The second-order valence-electron chi connectivity index (χ2n) is 5.03. The summed E-state index contributed by atoms with van der Waals surface area (Å²) in [6, 6.07) is 12.7. The molecule has 1 N–H and O–H groups in total. The number of nitrogens with zero attached hydrogens (tertiary/aromatic N) is 2. The van der Waals surface area contributed by atoms with Crippen molar-refractivity contribution in [2.24, 2.45) is 7.05 Å². The van der Waals surface area contributed by atoms with Gasteiger partial charge in [-0.2, -0.15) is 5.10 Å². The Hall–Kier alpha value is -1.33. The van der Waals surface area contributed by atoms with Crippen molar-refractivity contribution in [2.45, 2.75) is 13.5 Å². The molecule has 0 aliphatic carbocycles. The van der Waals surface area contributed by atoms with Crippen molar-refractivity contribution in [1.29, 1.82) is 0 Å². The third-order valence-electron chi connectivity index (χ3n) is 3.52. The maximum Gasteiger partial charge on any atom is 0.0739 e. The number of rotatable bonds is 3. The molecule has 1 heterocycles. The second-order valence-corrected chi connectivity index (χ2v) is 6.74. The molecule has 0 saturated carbocycles. The van der Waals surface area contributed by atoms with Crippen molar-refractivity contribution in [3.8, 4) is 0 Å². The molecular weight excluding hydrogens is 394 g/mol. The minimum atomic E-state index is 0.736. The Morgan fingerprint density at radius 1 is 1.10 bits per heavy atom. The Morgan fingerprint density at radius 3 is 2.52 bits per heavy atom. The van der Waals surface area contributed by atoms with Crippen LogP contribution in [-0.4, -0.2) is 9.78 Å². The zero-order valence-electron chi connectivity index (χ0n) is 11.8. The van der Waals surface area contributed by atoms with Gasteiger partial charge in [0.25, 0.3) is 0 Å². The lowest BCUT2D eigenvalue weighted by atomic mass is 10.1. The minimum Gasteiger partial charge on any atom is -0.379 e. The van der Waals surface area contributed by atoms with Gasteiger partial charge in [0.05, 0.1) is 22.4 Å². The molecule has 3 rings (SSSR count). The molecule has 0 amide bonds. The first-order valence-corrected chi connectivity index (χ1v) is 8.24. The number of nitrogens with one attached hydrogen (secondary N) is 1. The van der Waals surface area contributed by atoms with E-state index in [-0.39, 0.29) is 0 Å². The summed E-state index contributed by atoms with van der Waals surface area (Å²) in [6.45, 7) is 2.74. The van der Waals surface area contributed by atoms with Crippen LogP contribution < -0.4 is 5.32 Å². The fourth-order valence-electron chi connectivity index (χ4n) is 2.38. The molecular formula is C16H15Br2N3. The smallest absolute Gasteiger partial charge is 0.0739 e. The van der Waals surface area contributed by atoms with E-state index in [0.717, 1.165) is 32.6 Å². The molecule has 2 aromatic carbocycles. The van der Waals surface area contributed by atoms with Gasteiger partial charge in [0, 0.05) is 17.2 Å². The van der Waals surface area contributed by atoms with Gasteiger partial charge in [-0.3, -0.25) is 4.68 Å². The van der Waals surface area contributed by atoms with Crippen molar-refractivity contribution in [3.05, 3.63) is 56.7 Å². The third kappa shape index (κ3) is 2.99. The Morgan fingerprint density at radius 2 is 1.81 bits per heavy atom. The molecule has 3 nitrogen and oxygen atoms in total. The molecule has 108 valence electrons. The highest BCUT2D eigenvalue weighted by atomic mass is 79.9. The first-order chi connectivity index (χ1) is 10.0. The van der Waals surface area contributed by atoms with Crippen LogP contribution in [0.1, 0.15) is 11.4 Å². The molecule has 3 aromatic rings. The van der Waals surface area contributed by atoms with Crippen LogP contribution in [-0.2, 0) is 13.6 Å². The summed E-state index contributed by atoms with van der Waals surface area (Å²) in [7, 11) is 1.96. The molecule has 0 saturated heterocycles. The molecule has 0 radical (unpaired) electrons. The van der Waals surface area contributed by atoms with Crippen molar-refractivity contribution in [1.82, 2.24) is 9.78 Å². The van der Waals surface area contributed by atoms with Crippen molar-refractivity contribution in [3.63, 3.8) is 0 Å². The van der Waals surface area contributed by atoms with Crippen LogP contribution in [0.25, 0.3) is 10.8 Å². The summed E-state index contributed by atoms with van der Waals surface area (Å²) >= 11 is 7.09. The lowest BCUT2D eigenvalue weighted by Crippen LogP contribution is -2.05. The predicted molar refractivity (Wildman–Crippen MR) is 94.6 cm³/mol. The normalized spacial score (nSPS) is 11.0. The van der Waals surface area contributed by atoms with Crippen LogP contribution in [0.5, 0.6) is 0 Å². The monoisotopic (exact) mass is 407 g/mol. The summed E-state index contributed by atoms with van der Waals surface area (Å²) in [4.78, 5) is 0. The van der Waals surface area contributed by atoms with E-state index in [2.05, 4.69) is 78.7 Å². The van der Waals surface area contributed by atoms with Gasteiger partial charge >= 0.3 is 0 Å². The fourth-order valence-corrected chi connectivity index (χ4v) is 3.24. The van der Waals surface area contributed by atoms with Crippen LogP contribution in [0.15, 0.2) is 45.3 Å². The molecule has 0 fully saturated rings. The summed E-state index contributed by atoms with van der Waals surface area (Å²) in [5.41, 5.74) is 3.26. The van der Waals surface area contributed by atoms with E-state index in [1.165, 1.54) is 10.8 Å². The quantitative estimate of drug-likeness (QED) is 0.659. The standard InChI is InChI=1S/C16H15Br2N3/c1-10-16(18)15(21(2)20-10)9-19-14-6-4-11-7-13(17)5-3-12(11)8-14/h3-8,19H,9H2,1-2H3. The van der Waals surface area contributed by atoms with Gasteiger partial charge in [0.15, 0.2) is 0 Å². The average Bonchev–Trinajstić information content (AvgIpc) is 2.70. The lowest BCUT2D eigenvalue weighted by Gasteiger charge is -2.09. The summed E-state index contributed by atoms with van der Waals surface area (Å²) in [5, 5.41) is 10.3. The highest BCUT2D eigenvalue weighted by molar-refractivity contribution is 9.10. The van der Waals surface area contributed by atoms with Gasteiger partial charge in [-0.05, 0) is 57.9 Å². The number of hydrogen-bond acceptors (Lipinski definition) is 2. The SMILES string of the molecule is Cc1nn(C)c(CNc2ccc3cc(Br)ccc3c2)c1Br. The first-order valence-electron chi connectivity index (χ1n) is 6.66. The van der Waals surface area contributed by atoms with E-state index in [4.69, 9.17) is 0 Å². The highest BCUT2D eigenvalue weighted by Gasteiger charge is 2.10. The average molecular weight is 409 g/mol. The lowest BCUT2D eigenvalue weighted by molar-refractivity contribution is 0.712. The van der Waals surface area contributed by atoms with Crippen molar-refractivity contribution < 1.29 is 0 Å². The number of benzene rings is 2. The number of hydrogen-bond donors (Lipinski definition) is 1. The van der Waals surface area contributed by atoms with Crippen molar-refractivity contribution >= 4 is 48.3 Å². The number of fused-ring (bicyclic) bond motifs is 1. The summed E-state index contributed by atoms with van der Waals surface area (Å²) < 4.78 is 4.08. The van der Waals surface area contributed by atoms with E-state index < -0.39 is 0 Å². The Labute approximate surface area is 140 Å². The maximum atomic E-state index is 4.41. The predicted octanol–water partition coefficient (Wildman–Crippen LogP) is 5.02. The van der Waals surface area contributed by atoms with Gasteiger partial charge in [0.2, 0.25) is 0 Å². The van der Waals surface area contributed by atoms with E-state index in [1.54, 1.807) is 0 Å². The van der Waals surface area contributed by atoms with Crippen molar-refractivity contribution in [2.75, 3.05) is 5.32 Å². The van der Waals surface area contributed by atoms with Gasteiger partial charge in [-0.25, -0.2) is 0 Å². The zero-order chi connectivity index (χ0) is 15.0. The Balaban J connectivity index is 1.83. The summed E-state index contributed by atoms with van der Waals surface area (Å²) in [5.74, 6) is 0. The van der Waals surface area contributed by atoms with E-state index in [0.29, 0.717) is 0 Å². The molecule has 0 bridgehead atoms. The van der Waals surface area contributed by atoms with Crippen LogP contribution in [0, 0.1) is 6.92 Å². The number of halogens is 2. The molecule has 0 atom stereocenters. The zero-order valence-corrected chi connectivity index (χ0v) is 15.0. The Bertz CT molecular complexity index is 809. The van der Waals surface area contributed by atoms with Crippen LogP contribution in [0.2, 0.25) is 0 Å². The number of aryl methyl sites for hydroxylation is 2. The topological polar surface area (TPSA) is 29.9 Å². The third-order valence-corrected chi connectivity index (χ3v) is 5.05. The summed E-state index contributed by atoms with van der Waals surface area (Å²) in [6.07, 6.45) is 0. The molecule has 0 spiro atoms. The molecule has 5 heteroatoms. The van der Waals surface area contributed by atoms with E-state index in [9.17, 15) is 0 Å². The van der Waals surface area contributed by atoms with Gasteiger partial charge in [-0.1, -0.05) is 28.1 Å². The minimum absolute atomic E-state index is 0.736. The molecule has 0 aliphatic rings. The molecule has 0 aliphatic heterocycles. The van der Waals surface area contributed by atoms with Gasteiger partial charge in [-0.15, -0.1) is 0 Å².